The van der Waals surface area contributed by atoms with Gasteiger partial charge in [0.15, 0.2) is 0 Å². The predicted molar refractivity (Wildman–Crippen MR) is 126 cm³/mol. The lowest BCUT2D eigenvalue weighted by Gasteiger charge is -2.34. The molecule has 0 aliphatic carbocycles. The van der Waals surface area contributed by atoms with Gasteiger partial charge >= 0.3 is 0 Å². The van der Waals surface area contributed by atoms with E-state index in [9.17, 15) is 26.9 Å². The number of nitro groups is 1. The molecule has 1 atom stereocenters. The molecule has 33 heavy (non-hydrogen) atoms. The van der Waals surface area contributed by atoms with Crippen LogP contribution in [0.25, 0.3) is 0 Å². The highest BCUT2D eigenvalue weighted by Gasteiger charge is 2.28. The van der Waals surface area contributed by atoms with Gasteiger partial charge in [-0.05, 0) is 56.4 Å². The Hall–Kier alpha value is -2.74. The second kappa shape index (κ2) is 9.63. The summed E-state index contributed by atoms with van der Waals surface area (Å²) in [5.41, 5.74) is 2.06. The Labute approximate surface area is 193 Å². The molecular formula is C20H27N5O6S2. The molecule has 1 heterocycles. The Morgan fingerprint density at radius 2 is 1.88 bits per heavy atom. The maximum Gasteiger partial charge on any atom is 0.293 e. The van der Waals surface area contributed by atoms with Crippen LogP contribution in [0.2, 0.25) is 0 Å². The number of rotatable bonds is 8. The Balaban J connectivity index is 1.86. The smallest absolute Gasteiger partial charge is 0.293 e. The Kier molecular flexibility index (Phi) is 7.26. The zero-order valence-electron chi connectivity index (χ0n) is 18.3. The normalized spacial score (nSPS) is 17.1. The Morgan fingerprint density at radius 1 is 1.15 bits per heavy atom. The topological polar surface area (TPSA) is 165 Å². The third-order valence-corrected chi connectivity index (χ3v) is 7.45. The number of piperidine rings is 1. The molecule has 0 saturated carbocycles. The minimum absolute atomic E-state index is 0.0914. The SMILES string of the molecule is Cc1ccc(NS(=O)(=O)c2ccc(N3CCC[C@H](CNS(N)(=O)=O)C3)c([N+](=O)[O-])c2)c(C)c1. The van der Waals surface area contributed by atoms with Crippen molar-refractivity contribution in [3.8, 4) is 0 Å². The van der Waals surface area contributed by atoms with E-state index in [4.69, 9.17) is 5.14 Å². The van der Waals surface area contributed by atoms with Gasteiger partial charge in [-0.1, -0.05) is 17.7 Å². The number of nitrogens with two attached hydrogens (primary N) is 1. The molecule has 0 aromatic heterocycles. The van der Waals surface area contributed by atoms with Crippen molar-refractivity contribution >= 4 is 37.3 Å². The lowest BCUT2D eigenvalue weighted by atomic mass is 9.97. The van der Waals surface area contributed by atoms with E-state index in [1.807, 2.05) is 13.0 Å². The summed E-state index contributed by atoms with van der Waals surface area (Å²) in [6.07, 6.45) is 1.43. The molecule has 0 spiro atoms. The van der Waals surface area contributed by atoms with Crippen LogP contribution < -0.4 is 19.5 Å². The zero-order chi connectivity index (χ0) is 24.4. The second-order valence-electron chi connectivity index (χ2n) is 8.18. The van der Waals surface area contributed by atoms with E-state index in [-0.39, 0.29) is 28.7 Å². The van der Waals surface area contributed by atoms with Crippen molar-refractivity contribution in [3.63, 3.8) is 0 Å². The molecule has 1 aliphatic rings. The maximum atomic E-state index is 12.9. The fourth-order valence-corrected chi connectivity index (χ4v) is 5.52. The first-order chi connectivity index (χ1) is 15.4. The highest BCUT2D eigenvalue weighted by atomic mass is 32.2. The van der Waals surface area contributed by atoms with Crippen molar-refractivity contribution in [3.05, 3.63) is 57.6 Å². The third-order valence-electron chi connectivity index (χ3n) is 5.51. The average Bonchev–Trinajstić information content (AvgIpc) is 2.73. The zero-order valence-corrected chi connectivity index (χ0v) is 19.9. The molecule has 1 saturated heterocycles. The van der Waals surface area contributed by atoms with Crippen molar-refractivity contribution in [2.45, 2.75) is 31.6 Å². The first kappa shape index (κ1) is 24.9. The largest absolute Gasteiger partial charge is 0.366 e. The van der Waals surface area contributed by atoms with E-state index in [1.54, 1.807) is 24.0 Å². The van der Waals surface area contributed by atoms with E-state index >= 15 is 0 Å². The maximum absolute atomic E-state index is 12.9. The quantitative estimate of drug-likeness (QED) is 0.371. The minimum atomic E-state index is -4.05. The van der Waals surface area contributed by atoms with Gasteiger partial charge in [0, 0.05) is 25.7 Å². The summed E-state index contributed by atoms with van der Waals surface area (Å²) in [5.74, 6) is -0.0914. The number of nitrogens with zero attached hydrogens (tertiary/aromatic N) is 2. The van der Waals surface area contributed by atoms with E-state index in [1.165, 1.54) is 12.1 Å². The number of benzene rings is 2. The van der Waals surface area contributed by atoms with E-state index in [2.05, 4.69) is 9.44 Å². The lowest BCUT2D eigenvalue weighted by Crippen LogP contribution is -2.42. The first-order valence-corrected chi connectivity index (χ1v) is 13.3. The molecule has 3 rings (SSSR count). The number of hydrogen-bond acceptors (Lipinski definition) is 7. The minimum Gasteiger partial charge on any atom is -0.366 e. The molecule has 13 heteroatoms. The molecule has 0 unspecified atom stereocenters. The van der Waals surface area contributed by atoms with Crippen molar-refractivity contribution in [2.24, 2.45) is 11.1 Å². The summed E-state index contributed by atoms with van der Waals surface area (Å²) in [7, 11) is -7.88. The van der Waals surface area contributed by atoms with Gasteiger partial charge in [-0.25, -0.2) is 18.3 Å². The molecule has 180 valence electrons. The van der Waals surface area contributed by atoms with Crippen LogP contribution in [0.4, 0.5) is 17.1 Å². The highest BCUT2D eigenvalue weighted by Crippen LogP contribution is 2.34. The molecule has 2 aromatic rings. The second-order valence-corrected chi connectivity index (χ2v) is 11.2. The van der Waals surface area contributed by atoms with Gasteiger partial charge < -0.3 is 4.90 Å². The average molecular weight is 498 g/mol. The molecule has 0 bridgehead atoms. The summed E-state index contributed by atoms with van der Waals surface area (Å²) < 4.78 is 52.9. The van der Waals surface area contributed by atoms with E-state index in [0.717, 1.165) is 23.6 Å². The Morgan fingerprint density at radius 3 is 2.52 bits per heavy atom. The Bertz CT molecular complexity index is 1260. The summed E-state index contributed by atoms with van der Waals surface area (Å²) >= 11 is 0. The van der Waals surface area contributed by atoms with Gasteiger partial charge in [-0.15, -0.1) is 0 Å². The first-order valence-electron chi connectivity index (χ1n) is 10.3. The standard InChI is InChI=1S/C20H27N5O6S2/c1-14-5-7-18(15(2)10-14)23-32(28,29)17-6-8-19(20(11-17)25(26)27)24-9-3-4-16(13-24)12-22-33(21,30)31/h5-8,10-11,16,22-23H,3-4,9,12-13H2,1-2H3,(H2,21,30,31)/t16-/m1/s1. The van der Waals surface area contributed by atoms with Crippen LogP contribution in [0.3, 0.4) is 0 Å². The molecule has 0 radical (unpaired) electrons. The summed E-state index contributed by atoms with van der Waals surface area (Å²) in [4.78, 5) is 12.7. The predicted octanol–water partition coefficient (Wildman–Crippen LogP) is 2.02. The van der Waals surface area contributed by atoms with Gasteiger partial charge in [0.1, 0.15) is 5.69 Å². The molecular weight excluding hydrogens is 470 g/mol. The number of aryl methyl sites for hydroxylation is 2. The highest BCUT2D eigenvalue weighted by molar-refractivity contribution is 7.92. The van der Waals surface area contributed by atoms with Crippen LogP contribution in [-0.2, 0) is 20.2 Å². The fraction of sp³-hybridized carbons (Fsp3) is 0.400. The van der Waals surface area contributed by atoms with E-state index < -0.39 is 25.2 Å². The number of nitro benzene ring substituents is 1. The fourth-order valence-electron chi connectivity index (χ4n) is 3.90. The number of sulfonamides is 1. The molecule has 1 fully saturated rings. The van der Waals surface area contributed by atoms with Crippen LogP contribution in [0.5, 0.6) is 0 Å². The van der Waals surface area contributed by atoms with E-state index in [0.29, 0.717) is 25.2 Å². The van der Waals surface area contributed by atoms with Crippen LogP contribution in [0.15, 0.2) is 41.3 Å². The third kappa shape index (κ3) is 6.41. The molecule has 11 nitrogen and oxygen atoms in total. The molecule has 2 aromatic carbocycles. The van der Waals surface area contributed by atoms with Crippen molar-refractivity contribution in [1.82, 2.24) is 4.72 Å². The van der Waals surface area contributed by atoms with Crippen molar-refractivity contribution in [2.75, 3.05) is 29.3 Å². The van der Waals surface area contributed by atoms with Gasteiger partial charge in [-0.3, -0.25) is 14.8 Å². The van der Waals surface area contributed by atoms with Gasteiger partial charge in [0.2, 0.25) is 0 Å². The van der Waals surface area contributed by atoms with Crippen LogP contribution in [0.1, 0.15) is 24.0 Å². The van der Waals surface area contributed by atoms with Crippen LogP contribution in [-0.4, -0.2) is 41.4 Å². The summed E-state index contributed by atoms with van der Waals surface area (Å²) in [5, 5.41) is 16.8. The molecule has 4 N–H and O–H groups in total. The monoisotopic (exact) mass is 497 g/mol. The summed E-state index contributed by atoms with van der Waals surface area (Å²) in [6, 6.07) is 9.06. The van der Waals surface area contributed by atoms with Crippen LogP contribution >= 0.6 is 0 Å². The molecule has 1 aliphatic heterocycles. The number of nitrogens with one attached hydrogen (secondary N) is 2. The lowest BCUT2D eigenvalue weighted by molar-refractivity contribution is -0.384. The number of hydrogen-bond donors (Lipinski definition) is 3. The van der Waals surface area contributed by atoms with Gasteiger partial charge in [0.05, 0.1) is 15.5 Å². The van der Waals surface area contributed by atoms with Gasteiger partial charge in [0.25, 0.3) is 25.9 Å². The van der Waals surface area contributed by atoms with Crippen LogP contribution in [0, 0.1) is 29.9 Å². The van der Waals surface area contributed by atoms with Crippen molar-refractivity contribution in [1.29, 1.82) is 0 Å². The van der Waals surface area contributed by atoms with Gasteiger partial charge in [-0.2, -0.15) is 8.42 Å². The number of anilines is 2. The summed E-state index contributed by atoms with van der Waals surface area (Å²) in [6.45, 7) is 4.68. The molecule has 0 amide bonds. The van der Waals surface area contributed by atoms with Crippen molar-refractivity contribution < 1.29 is 21.8 Å².